The number of aryl methyl sites for hydroxylation is 1. The Bertz CT molecular complexity index is 1630. The molecule has 47 heavy (non-hydrogen) atoms. The van der Waals surface area contributed by atoms with E-state index >= 15 is 0 Å². The quantitative estimate of drug-likeness (QED) is 0.124. The highest BCUT2D eigenvalue weighted by molar-refractivity contribution is 6.01. The van der Waals surface area contributed by atoms with Crippen LogP contribution in [0.25, 0.3) is 11.2 Å². The number of nitrogens with zero attached hydrogens (tertiary/aromatic N) is 3. The number of rotatable bonds is 11. The normalized spacial score (nSPS) is 21.6. The van der Waals surface area contributed by atoms with E-state index in [1.54, 1.807) is 0 Å². The van der Waals surface area contributed by atoms with Gasteiger partial charge in [-0.05, 0) is 55.4 Å². The van der Waals surface area contributed by atoms with Crippen molar-refractivity contribution in [2.24, 2.45) is 18.9 Å². The summed E-state index contributed by atoms with van der Waals surface area (Å²) in [4.78, 5) is 33.2. The molecule has 2 aliphatic rings. The Hall–Kier alpha value is -4.02. The van der Waals surface area contributed by atoms with Crippen molar-refractivity contribution >= 4 is 34.5 Å². The number of alkyl halides is 8. The second-order valence-corrected chi connectivity index (χ2v) is 11.9. The maximum Gasteiger partial charge on any atom is 0.418 e. The van der Waals surface area contributed by atoms with Gasteiger partial charge in [0.15, 0.2) is 18.0 Å². The van der Waals surface area contributed by atoms with Crippen LogP contribution < -0.4 is 20.7 Å². The zero-order valence-electron chi connectivity index (χ0n) is 25.2. The summed E-state index contributed by atoms with van der Waals surface area (Å²) in [6, 6.07) is 4.05. The monoisotopic (exact) mass is 676 g/mol. The number of halogens is 8. The van der Waals surface area contributed by atoms with Gasteiger partial charge in [0.1, 0.15) is 5.52 Å². The minimum absolute atomic E-state index is 0.0132. The number of carbonyl (C=O) groups excluding carboxylic acids is 2. The Morgan fingerprint density at radius 2 is 1.77 bits per heavy atom. The number of benzene rings is 1. The number of hydrogen-bond acceptors (Lipinski definition) is 7. The first-order valence-corrected chi connectivity index (χ1v) is 14.9. The molecule has 1 amide bonds. The predicted molar refractivity (Wildman–Crippen MR) is 153 cm³/mol. The Labute approximate surface area is 263 Å². The van der Waals surface area contributed by atoms with E-state index in [-0.39, 0.29) is 78.1 Å². The lowest BCUT2D eigenvalue weighted by atomic mass is 9.79. The Kier molecular flexibility index (Phi) is 9.67. The summed E-state index contributed by atoms with van der Waals surface area (Å²) in [5.41, 5.74) is -1.09. The first-order chi connectivity index (χ1) is 22.0. The molecule has 2 atom stereocenters. The third kappa shape index (κ3) is 8.11. The van der Waals surface area contributed by atoms with Crippen molar-refractivity contribution in [3.8, 4) is 5.88 Å². The Morgan fingerprint density at radius 1 is 1.06 bits per heavy atom. The van der Waals surface area contributed by atoms with Crippen LogP contribution in [-0.4, -0.2) is 57.5 Å². The molecule has 256 valence electrons. The molecule has 0 spiro atoms. The molecule has 2 unspecified atom stereocenters. The van der Waals surface area contributed by atoms with Crippen molar-refractivity contribution in [2.75, 3.05) is 11.9 Å². The number of ketones is 1. The summed E-state index contributed by atoms with van der Waals surface area (Å²) in [5, 5.41) is 8.29. The number of aromatic nitrogens is 3. The number of pyridine rings is 1. The number of Topliss-reactive ketones (excluding diaryl/α,β-unsaturated/α-hetero) is 1. The zero-order valence-corrected chi connectivity index (χ0v) is 25.2. The standard InChI is InChI=1S/C30H32F8N6O3/c1-14(45)39-12-15-3-8-19(30(36,37)38)20(9-15)41-28-42-22-10-18(27(47-13-24(31)32)43-26(22)44(28)2)23(46)11-21-25(40-21)16-4-6-17(7-5-16)29(33,34)35/h3,8-10,16-17,21,24-25,40H,4-7,11-13H2,1-2H3,(H,39,45)(H,41,42). The number of hydrogen-bond donors (Lipinski definition) is 3. The maximum atomic E-state index is 13.9. The molecule has 5 rings (SSSR count). The van der Waals surface area contributed by atoms with Crippen LogP contribution >= 0.6 is 0 Å². The van der Waals surface area contributed by atoms with E-state index in [9.17, 15) is 44.7 Å². The van der Waals surface area contributed by atoms with Crippen LogP contribution in [0.4, 0.5) is 46.8 Å². The van der Waals surface area contributed by atoms with E-state index in [2.05, 4.69) is 25.9 Å². The van der Waals surface area contributed by atoms with Gasteiger partial charge in [0.05, 0.1) is 22.7 Å². The van der Waals surface area contributed by atoms with Gasteiger partial charge in [0.25, 0.3) is 6.43 Å². The van der Waals surface area contributed by atoms with Crippen LogP contribution in [0.1, 0.15) is 60.5 Å². The lowest BCUT2D eigenvalue weighted by Gasteiger charge is -2.29. The SMILES string of the molecule is CC(=O)NCc1ccc(C(F)(F)F)c(Nc2nc3cc(C(=O)CC4NC4C4CCC(C(F)(F)F)CC4)c(OCC(F)F)nc3n2C)c1. The van der Waals surface area contributed by atoms with Gasteiger partial charge in [0.2, 0.25) is 17.7 Å². The van der Waals surface area contributed by atoms with Crippen LogP contribution in [0.15, 0.2) is 24.3 Å². The van der Waals surface area contributed by atoms with Gasteiger partial charge in [0, 0.05) is 39.0 Å². The summed E-state index contributed by atoms with van der Waals surface area (Å²) in [6.07, 6.45) is -11.2. The molecule has 1 saturated heterocycles. The highest BCUT2D eigenvalue weighted by atomic mass is 19.4. The fourth-order valence-corrected chi connectivity index (χ4v) is 6.02. The third-order valence-electron chi connectivity index (χ3n) is 8.51. The summed E-state index contributed by atoms with van der Waals surface area (Å²) in [7, 11) is 1.42. The van der Waals surface area contributed by atoms with E-state index in [0.717, 1.165) is 6.07 Å². The first kappa shape index (κ1) is 34.3. The Morgan fingerprint density at radius 3 is 2.38 bits per heavy atom. The third-order valence-corrected chi connectivity index (χ3v) is 8.51. The molecule has 2 aromatic heterocycles. The lowest BCUT2D eigenvalue weighted by molar-refractivity contribution is -0.183. The van der Waals surface area contributed by atoms with Gasteiger partial charge >= 0.3 is 12.4 Å². The number of imidazole rings is 1. The largest absolute Gasteiger partial charge is 0.471 e. The zero-order chi connectivity index (χ0) is 34.3. The number of carbonyl (C=O) groups is 2. The Balaban J connectivity index is 1.38. The number of anilines is 2. The molecular formula is C30H32F8N6O3. The lowest BCUT2D eigenvalue weighted by Crippen LogP contribution is -2.30. The fourth-order valence-electron chi connectivity index (χ4n) is 6.02. The van der Waals surface area contributed by atoms with Crippen molar-refractivity contribution < 1.29 is 49.4 Å². The topological polar surface area (TPSA) is 120 Å². The van der Waals surface area contributed by atoms with E-state index in [0.29, 0.717) is 18.4 Å². The van der Waals surface area contributed by atoms with Gasteiger partial charge in [-0.25, -0.2) is 13.8 Å². The van der Waals surface area contributed by atoms with Crippen LogP contribution in [0, 0.1) is 11.8 Å². The molecular weight excluding hydrogens is 644 g/mol. The second kappa shape index (κ2) is 13.2. The minimum Gasteiger partial charge on any atom is -0.471 e. The highest BCUT2D eigenvalue weighted by Crippen LogP contribution is 2.43. The molecule has 1 saturated carbocycles. The van der Waals surface area contributed by atoms with Gasteiger partial charge in [-0.2, -0.15) is 31.3 Å². The molecule has 3 N–H and O–H groups in total. The molecule has 17 heteroatoms. The van der Waals surface area contributed by atoms with Gasteiger partial charge in [-0.15, -0.1) is 0 Å². The summed E-state index contributed by atoms with van der Waals surface area (Å²) >= 11 is 0. The molecule has 3 aromatic rings. The van der Waals surface area contributed by atoms with Crippen molar-refractivity contribution in [2.45, 2.75) is 76.4 Å². The highest BCUT2D eigenvalue weighted by Gasteiger charge is 2.48. The van der Waals surface area contributed by atoms with Crippen molar-refractivity contribution in [1.82, 2.24) is 25.2 Å². The van der Waals surface area contributed by atoms with Gasteiger partial charge < -0.3 is 20.7 Å². The smallest absolute Gasteiger partial charge is 0.418 e. The summed E-state index contributed by atoms with van der Waals surface area (Å²) in [6.45, 7) is 0.151. The predicted octanol–water partition coefficient (Wildman–Crippen LogP) is 6.29. The molecule has 1 aliphatic heterocycles. The average Bonchev–Trinajstić information content (AvgIpc) is 3.69. The van der Waals surface area contributed by atoms with Gasteiger partial charge in [-0.3, -0.25) is 14.2 Å². The van der Waals surface area contributed by atoms with Crippen LogP contribution in [0.2, 0.25) is 0 Å². The van der Waals surface area contributed by atoms with Crippen LogP contribution in [-0.2, 0) is 24.6 Å². The number of nitrogens with one attached hydrogen (secondary N) is 3. The fraction of sp³-hybridized carbons (Fsp3) is 0.533. The van der Waals surface area contributed by atoms with Crippen molar-refractivity contribution in [3.05, 3.63) is 41.0 Å². The van der Waals surface area contributed by atoms with E-state index in [1.165, 1.54) is 36.7 Å². The second-order valence-electron chi connectivity index (χ2n) is 11.9. The average molecular weight is 677 g/mol. The van der Waals surface area contributed by atoms with Crippen molar-refractivity contribution in [3.63, 3.8) is 0 Å². The van der Waals surface area contributed by atoms with Crippen molar-refractivity contribution in [1.29, 1.82) is 0 Å². The minimum atomic E-state index is -4.75. The summed E-state index contributed by atoms with van der Waals surface area (Å²) < 4.78 is 113. The molecule has 2 fully saturated rings. The molecule has 1 aromatic carbocycles. The molecule has 9 nitrogen and oxygen atoms in total. The number of ether oxygens (including phenoxy) is 1. The van der Waals surface area contributed by atoms with Gasteiger partial charge in [-0.1, -0.05) is 6.07 Å². The number of amides is 1. The summed E-state index contributed by atoms with van der Waals surface area (Å²) in [5.74, 6) is -2.80. The van der Waals surface area contributed by atoms with Crippen LogP contribution in [0.5, 0.6) is 5.88 Å². The molecule has 3 heterocycles. The van der Waals surface area contributed by atoms with E-state index < -0.39 is 48.5 Å². The molecule has 1 aliphatic carbocycles. The first-order valence-electron chi connectivity index (χ1n) is 14.9. The molecule has 0 radical (unpaired) electrons. The maximum absolute atomic E-state index is 13.9. The van der Waals surface area contributed by atoms with Crippen LogP contribution in [0.3, 0.4) is 0 Å². The molecule has 0 bridgehead atoms. The number of fused-ring (bicyclic) bond motifs is 1. The van der Waals surface area contributed by atoms with E-state index in [4.69, 9.17) is 4.74 Å². The van der Waals surface area contributed by atoms with E-state index in [1.807, 2.05) is 0 Å².